The number of rotatable bonds is 5. The second kappa shape index (κ2) is 6.12. The summed E-state index contributed by atoms with van der Waals surface area (Å²) in [4.78, 5) is 23.4. The topological polar surface area (TPSA) is 58.2 Å². The lowest BCUT2D eigenvalue weighted by molar-refractivity contribution is -0.144. The lowest BCUT2D eigenvalue weighted by atomic mass is 9.66. The third kappa shape index (κ3) is 3.41. The molecule has 2 unspecified atom stereocenters. The van der Waals surface area contributed by atoms with Gasteiger partial charge < -0.3 is 10.6 Å². The van der Waals surface area contributed by atoms with Gasteiger partial charge in [0.1, 0.15) is 0 Å². The summed E-state index contributed by atoms with van der Waals surface area (Å²) in [6.07, 6.45) is 3.28. The molecule has 0 aromatic heterocycles. The molecule has 0 saturated heterocycles. The van der Waals surface area contributed by atoms with Gasteiger partial charge in [0.2, 0.25) is 17.7 Å². The SMILES string of the molecule is C=CC(=O)NCCNC(=O)C12CCCC1CC(F)(F)CC2. The molecule has 4 nitrogen and oxygen atoms in total. The Labute approximate surface area is 123 Å². The number of fused-ring (bicyclic) bond motifs is 1. The molecular formula is C15H22F2N2O2. The third-order valence-corrected chi connectivity index (χ3v) is 4.79. The lowest BCUT2D eigenvalue weighted by Gasteiger charge is -2.41. The van der Waals surface area contributed by atoms with E-state index < -0.39 is 11.3 Å². The smallest absolute Gasteiger partial charge is 0.248 e. The van der Waals surface area contributed by atoms with Gasteiger partial charge in [0.25, 0.3) is 0 Å². The highest BCUT2D eigenvalue weighted by molar-refractivity contribution is 5.87. The van der Waals surface area contributed by atoms with Crippen molar-refractivity contribution in [1.82, 2.24) is 10.6 Å². The minimum atomic E-state index is -2.63. The summed E-state index contributed by atoms with van der Waals surface area (Å²) < 4.78 is 27.0. The lowest BCUT2D eigenvalue weighted by Crippen LogP contribution is -2.49. The molecule has 0 aromatic carbocycles. The van der Waals surface area contributed by atoms with Crippen molar-refractivity contribution in [3.05, 3.63) is 12.7 Å². The average Bonchev–Trinajstić information content (AvgIpc) is 2.85. The van der Waals surface area contributed by atoms with Crippen molar-refractivity contribution in [2.45, 2.75) is 44.4 Å². The zero-order chi connectivity index (χ0) is 15.5. The van der Waals surface area contributed by atoms with Gasteiger partial charge in [-0.25, -0.2) is 8.78 Å². The van der Waals surface area contributed by atoms with E-state index in [1.54, 1.807) is 0 Å². The van der Waals surface area contributed by atoms with Crippen LogP contribution >= 0.6 is 0 Å². The van der Waals surface area contributed by atoms with E-state index in [9.17, 15) is 18.4 Å². The first-order valence-corrected chi connectivity index (χ1v) is 7.46. The molecule has 0 heterocycles. The summed E-state index contributed by atoms with van der Waals surface area (Å²) in [6.45, 7) is 3.96. The van der Waals surface area contributed by atoms with Crippen LogP contribution in [0.4, 0.5) is 8.78 Å². The summed E-state index contributed by atoms with van der Waals surface area (Å²) in [7, 11) is 0. The Bertz CT molecular complexity index is 439. The quantitative estimate of drug-likeness (QED) is 0.603. The van der Waals surface area contributed by atoms with E-state index in [1.165, 1.54) is 0 Å². The van der Waals surface area contributed by atoms with Crippen molar-refractivity contribution in [3.8, 4) is 0 Å². The van der Waals surface area contributed by atoms with E-state index in [0.29, 0.717) is 25.9 Å². The molecule has 2 rings (SSSR count). The van der Waals surface area contributed by atoms with Crippen molar-refractivity contribution >= 4 is 11.8 Å². The summed E-state index contributed by atoms with van der Waals surface area (Å²) in [5.74, 6) is -3.27. The Morgan fingerprint density at radius 2 is 1.90 bits per heavy atom. The number of halogens is 2. The Hall–Kier alpha value is -1.46. The van der Waals surface area contributed by atoms with Crippen molar-refractivity contribution in [2.24, 2.45) is 11.3 Å². The molecule has 2 fully saturated rings. The van der Waals surface area contributed by atoms with Crippen LogP contribution in [0, 0.1) is 11.3 Å². The molecule has 0 spiro atoms. The number of carbonyl (C=O) groups is 2. The number of nitrogens with one attached hydrogen (secondary N) is 2. The number of hydrogen-bond donors (Lipinski definition) is 2. The van der Waals surface area contributed by atoms with Gasteiger partial charge >= 0.3 is 0 Å². The van der Waals surface area contributed by atoms with Crippen LogP contribution in [-0.2, 0) is 9.59 Å². The largest absolute Gasteiger partial charge is 0.354 e. The molecule has 0 bridgehead atoms. The highest BCUT2D eigenvalue weighted by Crippen LogP contribution is 2.56. The molecule has 118 valence electrons. The monoisotopic (exact) mass is 300 g/mol. The molecule has 2 N–H and O–H groups in total. The van der Waals surface area contributed by atoms with Crippen LogP contribution in [-0.4, -0.2) is 30.8 Å². The second-order valence-electron chi connectivity index (χ2n) is 6.06. The van der Waals surface area contributed by atoms with Gasteiger partial charge in [-0.1, -0.05) is 13.0 Å². The first-order chi connectivity index (χ1) is 9.89. The van der Waals surface area contributed by atoms with Gasteiger partial charge in [0, 0.05) is 25.9 Å². The maximum Gasteiger partial charge on any atom is 0.248 e. The zero-order valence-electron chi connectivity index (χ0n) is 12.1. The van der Waals surface area contributed by atoms with Gasteiger partial charge in [0.15, 0.2) is 0 Å². The number of amides is 2. The molecule has 21 heavy (non-hydrogen) atoms. The standard InChI is InChI=1S/C15H22F2N2O2/c1-2-12(20)18-8-9-19-13(21)14-5-3-4-11(14)10-15(16,17)7-6-14/h2,11H,1,3-10H2,(H,18,20)(H,19,21). The maximum absolute atomic E-state index is 13.5. The fourth-order valence-corrected chi connectivity index (χ4v) is 3.66. The van der Waals surface area contributed by atoms with Crippen LogP contribution in [0.2, 0.25) is 0 Å². The third-order valence-electron chi connectivity index (χ3n) is 4.79. The van der Waals surface area contributed by atoms with E-state index in [4.69, 9.17) is 0 Å². The normalized spacial score (nSPS) is 30.3. The van der Waals surface area contributed by atoms with E-state index in [0.717, 1.165) is 12.5 Å². The Balaban J connectivity index is 1.88. The minimum absolute atomic E-state index is 0.131. The maximum atomic E-state index is 13.5. The average molecular weight is 300 g/mol. The minimum Gasteiger partial charge on any atom is -0.354 e. The Morgan fingerprint density at radius 1 is 1.19 bits per heavy atom. The molecule has 2 amide bonds. The predicted octanol–water partition coefficient (Wildman–Crippen LogP) is 2.01. The van der Waals surface area contributed by atoms with E-state index >= 15 is 0 Å². The van der Waals surface area contributed by atoms with Crippen molar-refractivity contribution in [1.29, 1.82) is 0 Å². The van der Waals surface area contributed by atoms with Gasteiger partial charge in [0.05, 0.1) is 5.41 Å². The highest BCUT2D eigenvalue weighted by Gasteiger charge is 2.55. The van der Waals surface area contributed by atoms with Crippen LogP contribution in [0.1, 0.15) is 38.5 Å². The van der Waals surface area contributed by atoms with Crippen LogP contribution in [0.25, 0.3) is 0 Å². The molecular weight excluding hydrogens is 278 g/mol. The predicted molar refractivity (Wildman–Crippen MR) is 74.8 cm³/mol. The first-order valence-electron chi connectivity index (χ1n) is 7.46. The van der Waals surface area contributed by atoms with Crippen LogP contribution in [0.3, 0.4) is 0 Å². The van der Waals surface area contributed by atoms with Gasteiger partial charge in [-0.2, -0.15) is 0 Å². The second-order valence-corrected chi connectivity index (χ2v) is 6.06. The van der Waals surface area contributed by atoms with Gasteiger partial charge in [-0.15, -0.1) is 0 Å². The van der Waals surface area contributed by atoms with Crippen LogP contribution in [0.5, 0.6) is 0 Å². The summed E-state index contributed by atoms with van der Waals surface area (Å²) in [6, 6.07) is 0. The highest BCUT2D eigenvalue weighted by atomic mass is 19.3. The molecule has 2 saturated carbocycles. The Morgan fingerprint density at radius 3 is 2.62 bits per heavy atom. The number of carbonyl (C=O) groups excluding carboxylic acids is 2. The molecule has 2 aliphatic carbocycles. The van der Waals surface area contributed by atoms with Crippen LogP contribution < -0.4 is 10.6 Å². The summed E-state index contributed by atoms with van der Waals surface area (Å²) in [5, 5.41) is 5.36. The van der Waals surface area contributed by atoms with E-state index in [-0.39, 0.29) is 37.0 Å². The number of alkyl halides is 2. The summed E-state index contributed by atoms with van der Waals surface area (Å²) >= 11 is 0. The molecule has 0 aliphatic heterocycles. The fourth-order valence-electron chi connectivity index (χ4n) is 3.66. The molecule has 2 atom stereocenters. The molecule has 6 heteroatoms. The zero-order valence-corrected chi connectivity index (χ0v) is 12.1. The van der Waals surface area contributed by atoms with E-state index in [1.807, 2.05) is 0 Å². The number of hydrogen-bond acceptors (Lipinski definition) is 2. The van der Waals surface area contributed by atoms with Crippen molar-refractivity contribution in [2.75, 3.05) is 13.1 Å². The fraction of sp³-hybridized carbons (Fsp3) is 0.733. The van der Waals surface area contributed by atoms with E-state index in [2.05, 4.69) is 17.2 Å². The van der Waals surface area contributed by atoms with Crippen molar-refractivity contribution < 1.29 is 18.4 Å². The first kappa shape index (κ1) is 15.9. The Kier molecular flexibility index (Phi) is 4.64. The van der Waals surface area contributed by atoms with Crippen molar-refractivity contribution in [3.63, 3.8) is 0 Å². The van der Waals surface area contributed by atoms with Gasteiger partial charge in [-0.3, -0.25) is 9.59 Å². The molecule has 0 aromatic rings. The summed E-state index contributed by atoms with van der Waals surface area (Å²) in [5.41, 5.74) is -0.621. The molecule has 2 aliphatic rings. The van der Waals surface area contributed by atoms with Gasteiger partial charge in [-0.05, 0) is 31.3 Å². The molecule has 0 radical (unpaired) electrons. The van der Waals surface area contributed by atoms with Crippen LogP contribution in [0.15, 0.2) is 12.7 Å².